The lowest BCUT2D eigenvalue weighted by atomic mass is 10.1. The summed E-state index contributed by atoms with van der Waals surface area (Å²) in [5.74, 6) is 4.47. The van der Waals surface area contributed by atoms with E-state index in [0.717, 1.165) is 0 Å². The number of amides is 1. The van der Waals surface area contributed by atoms with Crippen LogP contribution in [0.25, 0.3) is 0 Å². The average molecular weight is 278 g/mol. The number of methoxy groups -OCH3 is 1. The van der Waals surface area contributed by atoms with E-state index < -0.39 is 5.82 Å². The number of nitrogens with zero attached hydrogens (tertiary/aromatic N) is 1. The van der Waals surface area contributed by atoms with Crippen LogP contribution >= 0.6 is 0 Å². The normalized spacial score (nSPS) is 9.80. The van der Waals surface area contributed by atoms with E-state index in [1.807, 2.05) is 6.92 Å². The van der Waals surface area contributed by atoms with E-state index in [2.05, 4.69) is 11.8 Å². The van der Waals surface area contributed by atoms with E-state index in [0.29, 0.717) is 25.3 Å². The van der Waals surface area contributed by atoms with E-state index in [-0.39, 0.29) is 18.0 Å². The van der Waals surface area contributed by atoms with Crippen molar-refractivity contribution in [3.05, 3.63) is 35.1 Å². The summed E-state index contributed by atoms with van der Waals surface area (Å²) in [6.45, 7) is 3.49. The topological polar surface area (TPSA) is 55.6 Å². The number of likely N-dealkylation sites (N-methyl/N-ethyl adjacent to an activating group) is 1. The molecule has 0 aromatic heterocycles. The minimum absolute atomic E-state index is 0.167. The SMILES string of the molecule is CCN(CCOC)C(=O)c1ccc(C#CCN)c(F)c1. The third-order valence-electron chi connectivity index (χ3n) is 2.78. The van der Waals surface area contributed by atoms with Gasteiger partial charge in [0.1, 0.15) is 5.82 Å². The highest BCUT2D eigenvalue weighted by Crippen LogP contribution is 2.12. The summed E-state index contributed by atoms with van der Waals surface area (Å²) in [4.78, 5) is 13.8. The zero-order valence-electron chi connectivity index (χ0n) is 11.8. The second kappa shape index (κ2) is 8.31. The number of carbonyl (C=O) groups is 1. The van der Waals surface area contributed by atoms with Crippen molar-refractivity contribution in [3.8, 4) is 11.8 Å². The molecule has 1 rings (SSSR count). The number of hydrogen-bond acceptors (Lipinski definition) is 3. The molecular weight excluding hydrogens is 259 g/mol. The van der Waals surface area contributed by atoms with Gasteiger partial charge in [-0.15, -0.1) is 0 Å². The lowest BCUT2D eigenvalue weighted by molar-refractivity contribution is 0.0706. The predicted octanol–water partition coefficient (Wildman–Crippen LogP) is 1.24. The maximum atomic E-state index is 13.8. The monoisotopic (exact) mass is 278 g/mol. The number of hydrogen-bond donors (Lipinski definition) is 1. The predicted molar refractivity (Wildman–Crippen MR) is 75.8 cm³/mol. The molecule has 0 bridgehead atoms. The third-order valence-corrected chi connectivity index (χ3v) is 2.78. The van der Waals surface area contributed by atoms with Crippen LogP contribution in [0.3, 0.4) is 0 Å². The molecule has 4 nitrogen and oxygen atoms in total. The van der Waals surface area contributed by atoms with Crippen molar-refractivity contribution < 1.29 is 13.9 Å². The molecule has 108 valence electrons. The van der Waals surface area contributed by atoms with Gasteiger partial charge in [0.05, 0.1) is 18.7 Å². The third kappa shape index (κ3) is 4.34. The van der Waals surface area contributed by atoms with Gasteiger partial charge in [0.2, 0.25) is 0 Å². The summed E-state index contributed by atoms with van der Waals surface area (Å²) < 4.78 is 18.8. The number of nitrogens with two attached hydrogens (primary N) is 1. The first kappa shape index (κ1) is 16.2. The molecule has 0 aliphatic heterocycles. The zero-order chi connectivity index (χ0) is 15.0. The van der Waals surface area contributed by atoms with Crippen LogP contribution in [0.15, 0.2) is 18.2 Å². The summed E-state index contributed by atoms with van der Waals surface area (Å²) in [7, 11) is 1.57. The second-order valence-corrected chi connectivity index (χ2v) is 4.08. The van der Waals surface area contributed by atoms with Crippen molar-refractivity contribution >= 4 is 5.91 Å². The van der Waals surface area contributed by atoms with Gasteiger partial charge in [0.25, 0.3) is 5.91 Å². The van der Waals surface area contributed by atoms with Crippen molar-refractivity contribution in [3.63, 3.8) is 0 Å². The Morgan fingerprint density at radius 3 is 2.80 bits per heavy atom. The molecule has 0 aliphatic carbocycles. The Labute approximate surface area is 118 Å². The fourth-order valence-corrected chi connectivity index (χ4v) is 1.68. The van der Waals surface area contributed by atoms with Crippen molar-refractivity contribution in [1.29, 1.82) is 0 Å². The molecule has 0 radical (unpaired) electrons. The van der Waals surface area contributed by atoms with E-state index in [9.17, 15) is 9.18 Å². The maximum absolute atomic E-state index is 13.8. The van der Waals surface area contributed by atoms with E-state index in [1.165, 1.54) is 12.1 Å². The van der Waals surface area contributed by atoms with Crippen LogP contribution in [0.1, 0.15) is 22.8 Å². The fourth-order valence-electron chi connectivity index (χ4n) is 1.68. The highest BCUT2D eigenvalue weighted by molar-refractivity contribution is 5.94. The molecule has 0 saturated heterocycles. The zero-order valence-corrected chi connectivity index (χ0v) is 11.8. The molecule has 2 N–H and O–H groups in total. The molecule has 0 atom stereocenters. The summed E-state index contributed by atoms with van der Waals surface area (Å²) in [5.41, 5.74) is 5.79. The molecule has 0 aliphatic rings. The van der Waals surface area contributed by atoms with Crippen LogP contribution in [-0.2, 0) is 4.74 Å². The van der Waals surface area contributed by atoms with Gasteiger partial charge in [-0.1, -0.05) is 11.8 Å². The molecule has 0 fully saturated rings. The molecule has 0 unspecified atom stereocenters. The Balaban J connectivity index is 2.90. The molecule has 0 heterocycles. The Bertz CT molecular complexity index is 520. The number of rotatable bonds is 5. The largest absolute Gasteiger partial charge is 0.383 e. The number of halogens is 1. The van der Waals surface area contributed by atoms with Gasteiger partial charge in [0.15, 0.2) is 0 Å². The Morgan fingerprint density at radius 2 is 2.25 bits per heavy atom. The number of ether oxygens (including phenoxy) is 1. The van der Waals surface area contributed by atoms with Crippen LogP contribution in [0.4, 0.5) is 4.39 Å². The summed E-state index contributed by atoms with van der Waals surface area (Å²) >= 11 is 0. The molecular formula is C15H19FN2O2. The van der Waals surface area contributed by atoms with Gasteiger partial charge in [0, 0.05) is 25.8 Å². The number of benzene rings is 1. The molecule has 1 aromatic carbocycles. The first-order chi connectivity index (χ1) is 9.63. The minimum Gasteiger partial charge on any atom is -0.383 e. The lowest BCUT2D eigenvalue weighted by Crippen LogP contribution is -2.33. The smallest absolute Gasteiger partial charge is 0.254 e. The minimum atomic E-state index is -0.514. The Morgan fingerprint density at radius 1 is 1.50 bits per heavy atom. The molecule has 1 amide bonds. The van der Waals surface area contributed by atoms with Crippen LogP contribution in [0, 0.1) is 17.7 Å². The molecule has 0 spiro atoms. The molecule has 20 heavy (non-hydrogen) atoms. The van der Waals surface area contributed by atoms with Gasteiger partial charge in [-0.25, -0.2) is 4.39 Å². The van der Waals surface area contributed by atoms with Crippen LogP contribution in [-0.4, -0.2) is 44.2 Å². The molecule has 0 saturated carbocycles. The van der Waals surface area contributed by atoms with Crippen molar-refractivity contribution in [2.45, 2.75) is 6.92 Å². The first-order valence-electron chi connectivity index (χ1n) is 6.40. The lowest BCUT2D eigenvalue weighted by Gasteiger charge is -2.20. The number of carbonyl (C=O) groups excluding carboxylic acids is 1. The highest BCUT2D eigenvalue weighted by Gasteiger charge is 2.15. The average Bonchev–Trinajstić information content (AvgIpc) is 2.46. The Kier molecular flexibility index (Phi) is 6.71. The standard InChI is InChI=1S/C15H19FN2O2/c1-3-18(9-10-20-2)15(19)13-7-6-12(5-4-8-17)14(16)11-13/h6-7,11H,3,8-10,17H2,1-2H3. The van der Waals surface area contributed by atoms with Gasteiger partial charge in [-0.05, 0) is 25.1 Å². The van der Waals surface area contributed by atoms with Crippen molar-refractivity contribution in [1.82, 2.24) is 4.90 Å². The summed E-state index contributed by atoms with van der Waals surface area (Å²) in [6.07, 6.45) is 0. The van der Waals surface area contributed by atoms with Crippen molar-refractivity contribution in [2.24, 2.45) is 5.73 Å². The van der Waals surface area contributed by atoms with Crippen LogP contribution in [0.5, 0.6) is 0 Å². The summed E-state index contributed by atoms with van der Waals surface area (Å²) in [6, 6.07) is 4.27. The second-order valence-electron chi connectivity index (χ2n) is 4.08. The maximum Gasteiger partial charge on any atom is 0.254 e. The first-order valence-corrected chi connectivity index (χ1v) is 6.40. The van der Waals surface area contributed by atoms with Crippen LogP contribution in [0.2, 0.25) is 0 Å². The quantitative estimate of drug-likeness (QED) is 0.825. The van der Waals surface area contributed by atoms with E-state index in [1.54, 1.807) is 18.1 Å². The summed E-state index contributed by atoms with van der Waals surface area (Å²) in [5, 5.41) is 0. The van der Waals surface area contributed by atoms with E-state index in [4.69, 9.17) is 10.5 Å². The van der Waals surface area contributed by atoms with Gasteiger partial charge in [-0.3, -0.25) is 4.79 Å². The Hall–Kier alpha value is -1.90. The van der Waals surface area contributed by atoms with Gasteiger partial charge < -0.3 is 15.4 Å². The highest BCUT2D eigenvalue weighted by atomic mass is 19.1. The van der Waals surface area contributed by atoms with Crippen LogP contribution < -0.4 is 5.73 Å². The molecule has 1 aromatic rings. The fraction of sp³-hybridized carbons (Fsp3) is 0.400. The molecule has 5 heteroatoms. The van der Waals surface area contributed by atoms with E-state index >= 15 is 0 Å². The van der Waals surface area contributed by atoms with Gasteiger partial charge in [-0.2, -0.15) is 0 Å². The van der Waals surface area contributed by atoms with Gasteiger partial charge >= 0.3 is 0 Å². The van der Waals surface area contributed by atoms with Crippen molar-refractivity contribution in [2.75, 3.05) is 33.4 Å².